The van der Waals surface area contributed by atoms with Gasteiger partial charge in [0.25, 0.3) is 5.91 Å². The molecule has 1 N–H and O–H groups in total. The average molecular weight is 447 g/mol. The predicted molar refractivity (Wildman–Crippen MR) is 125 cm³/mol. The van der Waals surface area contributed by atoms with E-state index in [2.05, 4.69) is 27.0 Å². The topological polar surface area (TPSA) is 60.0 Å². The second-order valence-electron chi connectivity index (χ2n) is 7.48. The van der Waals surface area contributed by atoms with Crippen molar-refractivity contribution < 1.29 is 19.0 Å². The number of thiophene rings is 1. The highest BCUT2D eigenvalue weighted by molar-refractivity contribution is 7.07. The molecule has 0 bridgehead atoms. The zero-order chi connectivity index (χ0) is 22.1. The lowest BCUT2D eigenvalue weighted by atomic mass is 10.0. The maximum absolute atomic E-state index is 13.1. The first-order chi connectivity index (χ1) is 15.2. The minimum absolute atomic E-state index is 0.137. The Morgan fingerprint density at radius 1 is 1.03 bits per heavy atom. The van der Waals surface area contributed by atoms with E-state index < -0.39 is 0 Å². The summed E-state index contributed by atoms with van der Waals surface area (Å²) < 4.78 is 17.3. The lowest BCUT2D eigenvalue weighted by Crippen LogP contribution is -2.40. The van der Waals surface area contributed by atoms with Crippen molar-refractivity contribution in [3.63, 3.8) is 0 Å². The van der Waals surface area contributed by atoms with Crippen LogP contribution >= 0.6 is 11.3 Å². The van der Waals surface area contributed by atoms with E-state index in [0.717, 1.165) is 13.1 Å². The van der Waals surface area contributed by atoms with Gasteiger partial charge >= 0.3 is 0 Å². The minimum atomic E-state index is -0.137. The molecule has 1 saturated heterocycles. The Morgan fingerprint density at radius 3 is 2.23 bits per heavy atom. The van der Waals surface area contributed by atoms with Gasteiger partial charge in [0, 0.05) is 12.1 Å². The summed E-state index contributed by atoms with van der Waals surface area (Å²) in [7, 11) is 0. The molecule has 0 saturated carbocycles. The van der Waals surface area contributed by atoms with Gasteiger partial charge in [0.1, 0.15) is 0 Å². The Labute approximate surface area is 189 Å². The summed E-state index contributed by atoms with van der Waals surface area (Å²) >= 11 is 1.70. The second-order valence-corrected chi connectivity index (χ2v) is 8.26. The van der Waals surface area contributed by atoms with Crippen LogP contribution in [0.25, 0.3) is 0 Å². The molecule has 2 heterocycles. The molecule has 3 rings (SSSR count). The molecule has 1 amide bonds. The van der Waals surface area contributed by atoms with Crippen LogP contribution < -0.4 is 19.5 Å². The van der Waals surface area contributed by atoms with Gasteiger partial charge in [0.15, 0.2) is 11.5 Å². The maximum atomic E-state index is 13.1. The number of nitrogens with one attached hydrogen (secondary N) is 1. The Morgan fingerprint density at radius 2 is 1.68 bits per heavy atom. The lowest BCUT2D eigenvalue weighted by Gasteiger charge is -2.34. The SMILES string of the molecule is CCOc1cc(C(=O)NCC(c2ccsc2)N2CCCCC2)cc(OCC)c1OCC. The third kappa shape index (κ3) is 6.14. The van der Waals surface area contributed by atoms with Crippen molar-refractivity contribution in [3.05, 3.63) is 40.1 Å². The highest BCUT2D eigenvalue weighted by Crippen LogP contribution is 2.39. The Balaban J connectivity index is 1.79. The highest BCUT2D eigenvalue weighted by atomic mass is 32.1. The van der Waals surface area contributed by atoms with E-state index in [1.807, 2.05) is 20.8 Å². The number of nitrogens with zero attached hydrogens (tertiary/aromatic N) is 1. The summed E-state index contributed by atoms with van der Waals surface area (Å²) in [5, 5.41) is 7.43. The molecule has 1 unspecified atom stereocenters. The number of carbonyl (C=O) groups excluding carboxylic acids is 1. The van der Waals surface area contributed by atoms with Crippen molar-refractivity contribution >= 4 is 17.2 Å². The van der Waals surface area contributed by atoms with Gasteiger partial charge in [-0.2, -0.15) is 11.3 Å². The van der Waals surface area contributed by atoms with E-state index in [1.54, 1.807) is 23.5 Å². The molecule has 0 aliphatic carbocycles. The molecular weight excluding hydrogens is 412 g/mol. The Bertz CT molecular complexity index is 792. The molecule has 2 aromatic rings. The zero-order valence-electron chi connectivity index (χ0n) is 18.8. The van der Waals surface area contributed by atoms with Crippen LogP contribution in [0.15, 0.2) is 29.0 Å². The van der Waals surface area contributed by atoms with Crippen LogP contribution in [0.3, 0.4) is 0 Å². The molecule has 0 spiro atoms. The molecule has 1 atom stereocenters. The van der Waals surface area contributed by atoms with Crippen LogP contribution in [0.2, 0.25) is 0 Å². The van der Waals surface area contributed by atoms with Crippen LogP contribution in [0, 0.1) is 0 Å². The quantitative estimate of drug-likeness (QED) is 0.532. The number of rotatable bonds is 11. The van der Waals surface area contributed by atoms with Crippen molar-refractivity contribution in [1.82, 2.24) is 10.2 Å². The van der Waals surface area contributed by atoms with Gasteiger partial charge in [-0.3, -0.25) is 9.69 Å². The summed E-state index contributed by atoms with van der Waals surface area (Å²) in [5.41, 5.74) is 1.78. The number of amides is 1. The first kappa shape index (κ1) is 23.4. The molecule has 31 heavy (non-hydrogen) atoms. The number of ether oxygens (including phenoxy) is 3. The van der Waals surface area contributed by atoms with Crippen LogP contribution in [0.5, 0.6) is 17.2 Å². The summed E-state index contributed by atoms with van der Waals surface area (Å²) in [6.45, 7) is 9.89. The first-order valence-corrected chi connectivity index (χ1v) is 12.2. The first-order valence-electron chi connectivity index (χ1n) is 11.3. The summed E-state index contributed by atoms with van der Waals surface area (Å²) in [4.78, 5) is 15.6. The van der Waals surface area contributed by atoms with Crippen molar-refractivity contribution in [2.45, 2.75) is 46.1 Å². The van der Waals surface area contributed by atoms with Gasteiger partial charge in [-0.15, -0.1) is 0 Å². The van der Waals surface area contributed by atoms with Gasteiger partial charge in [-0.1, -0.05) is 6.42 Å². The zero-order valence-corrected chi connectivity index (χ0v) is 19.6. The number of hydrogen-bond donors (Lipinski definition) is 1. The smallest absolute Gasteiger partial charge is 0.251 e. The van der Waals surface area contributed by atoms with Crippen LogP contribution in [0.1, 0.15) is 62.0 Å². The number of carbonyl (C=O) groups is 1. The van der Waals surface area contributed by atoms with Crippen molar-refractivity contribution in [3.8, 4) is 17.2 Å². The standard InChI is InChI=1S/C24H34N2O4S/c1-4-28-21-14-19(15-22(29-5-2)23(21)30-6-3)24(27)25-16-20(18-10-13-31-17-18)26-11-8-7-9-12-26/h10,13-15,17,20H,4-9,11-12,16H2,1-3H3,(H,25,27). The number of piperidine rings is 1. The van der Waals surface area contributed by atoms with E-state index in [0.29, 0.717) is 49.2 Å². The molecule has 6 nitrogen and oxygen atoms in total. The third-order valence-electron chi connectivity index (χ3n) is 5.39. The molecule has 170 valence electrons. The fourth-order valence-electron chi connectivity index (χ4n) is 3.96. The Hall–Kier alpha value is -2.25. The molecule has 1 aromatic carbocycles. The summed E-state index contributed by atoms with van der Waals surface area (Å²) in [6.07, 6.45) is 3.71. The van der Waals surface area contributed by atoms with Gasteiger partial charge in [-0.25, -0.2) is 0 Å². The van der Waals surface area contributed by atoms with Gasteiger partial charge in [0.2, 0.25) is 5.75 Å². The van der Waals surface area contributed by atoms with E-state index in [9.17, 15) is 4.79 Å². The van der Waals surface area contributed by atoms with Gasteiger partial charge in [0.05, 0.1) is 25.9 Å². The number of hydrogen-bond acceptors (Lipinski definition) is 6. The third-order valence-corrected chi connectivity index (χ3v) is 6.09. The van der Waals surface area contributed by atoms with Crippen LogP contribution in [0.4, 0.5) is 0 Å². The van der Waals surface area contributed by atoms with E-state index in [4.69, 9.17) is 14.2 Å². The van der Waals surface area contributed by atoms with Gasteiger partial charge < -0.3 is 19.5 Å². The second kappa shape index (κ2) is 12.0. The van der Waals surface area contributed by atoms with E-state index in [-0.39, 0.29) is 11.9 Å². The van der Waals surface area contributed by atoms with Crippen LogP contribution in [-0.4, -0.2) is 50.3 Å². The van der Waals surface area contributed by atoms with Crippen molar-refractivity contribution in [2.24, 2.45) is 0 Å². The number of likely N-dealkylation sites (tertiary alicyclic amines) is 1. The largest absolute Gasteiger partial charge is 0.490 e. The normalized spacial score (nSPS) is 15.3. The van der Waals surface area contributed by atoms with Crippen LogP contribution in [-0.2, 0) is 0 Å². The van der Waals surface area contributed by atoms with Crippen molar-refractivity contribution in [2.75, 3.05) is 39.5 Å². The molecular formula is C24H34N2O4S. The molecule has 1 aromatic heterocycles. The predicted octanol–water partition coefficient (Wildman–Crippen LogP) is 4.90. The summed E-state index contributed by atoms with van der Waals surface area (Å²) in [6, 6.07) is 5.84. The molecule has 1 aliphatic rings. The lowest BCUT2D eigenvalue weighted by molar-refractivity contribution is 0.0923. The molecule has 1 fully saturated rings. The monoisotopic (exact) mass is 446 g/mol. The fraction of sp³-hybridized carbons (Fsp3) is 0.542. The Kier molecular flexibility index (Phi) is 9.03. The highest BCUT2D eigenvalue weighted by Gasteiger charge is 2.24. The average Bonchev–Trinajstić information content (AvgIpc) is 3.31. The molecule has 7 heteroatoms. The molecule has 0 radical (unpaired) electrons. The van der Waals surface area contributed by atoms with Crippen molar-refractivity contribution in [1.29, 1.82) is 0 Å². The van der Waals surface area contributed by atoms with E-state index in [1.165, 1.54) is 24.8 Å². The summed E-state index contributed by atoms with van der Waals surface area (Å²) in [5.74, 6) is 1.48. The maximum Gasteiger partial charge on any atom is 0.251 e. The fourth-order valence-corrected chi connectivity index (χ4v) is 4.67. The number of benzene rings is 1. The van der Waals surface area contributed by atoms with E-state index >= 15 is 0 Å². The van der Waals surface area contributed by atoms with Gasteiger partial charge in [-0.05, 0) is 81.2 Å². The molecule has 1 aliphatic heterocycles. The minimum Gasteiger partial charge on any atom is -0.490 e.